The van der Waals surface area contributed by atoms with Crippen molar-refractivity contribution in [2.24, 2.45) is 7.05 Å². The molecule has 1 aromatic carbocycles. The van der Waals surface area contributed by atoms with Gasteiger partial charge in [0.1, 0.15) is 11.4 Å². The SMILES string of the molecule is CC(Oc1ccccc1)C(=O)NCc1cc(-c2cccs2)nn1C. The van der Waals surface area contributed by atoms with Crippen LogP contribution in [0.5, 0.6) is 5.75 Å². The van der Waals surface area contributed by atoms with Gasteiger partial charge in [0, 0.05) is 7.05 Å². The van der Waals surface area contributed by atoms with Crippen molar-refractivity contribution in [2.45, 2.75) is 19.6 Å². The average molecular weight is 341 g/mol. The molecule has 6 heteroatoms. The largest absolute Gasteiger partial charge is 0.481 e. The van der Waals surface area contributed by atoms with E-state index in [4.69, 9.17) is 4.74 Å². The minimum Gasteiger partial charge on any atom is -0.481 e. The third kappa shape index (κ3) is 3.83. The number of hydrogen-bond donors (Lipinski definition) is 1. The fraction of sp³-hybridized carbons (Fsp3) is 0.222. The van der Waals surface area contributed by atoms with E-state index in [1.165, 1.54) is 0 Å². The molecule has 24 heavy (non-hydrogen) atoms. The maximum Gasteiger partial charge on any atom is 0.261 e. The van der Waals surface area contributed by atoms with Gasteiger partial charge in [-0.05, 0) is 36.6 Å². The van der Waals surface area contributed by atoms with Gasteiger partial charge in [0.05, 0.1) is 17.1 Å². The molecular formula is C18H19N3O2S. The van der Waals surface area contributed by atoms with E-state index in [9.17, 15) is 4.79 Å². The van der Waals surface area contributed by atoms with E-state index in [-0.39, 0.29) is 5.91 Å². The summed E-state index contributed by atoms with van der Waals surface area (Å²) in [6.07, 6.45) is -0.558. The third-order valence-electron chi connectivity index (χ3n) is 3.62. The lowest BCUT2D eigenvalue weighted by Gasteiger charge is -2.14. The molecule has 3 rings (SSSR count). The van der Waals surface area contributed by atoms with Gasteiger partial charge in [-0.15, -0.1) is 11.3 Å². The summed E-state index contributed by atoms with van der Waals surface area (Å²) in [4.78, 5) is 13.3. The molecule has 0 radical (unpaired) electrons. The Balaban J connectivity index is 1.58. The number of ether oxygens (including phenoxy) is 1. The summed E-state index contributed by atoms with van der Waals surface area (Å²) >= 11 is 1.65. The van der Waals surface area contributed by atoms with Crippen molar-refractivity contribution in [1.29, 1.82) is 0 Å². The van der Waals surface area contributed by atoms with Gasteiger partial charge in [0.15, 0.2) is 6.10 Å². The first kappa shape index (κ1) is 16.3. The molecule has 0 spiro atoms. The van der Waals surface area contributed by atoms with E-state index in [1.54, 1.807) is 22.9 Å². The van der Waals surface area contributed by atoms with E-state index < -0.39 is 6.10 Å². The van der Waals surface area contributed by atoms with E-state index in [0.29, 0.717) is 12.3 Å². The molecule has 0 fully saturated rings. The maximum atomic E-state index is 12.2. The number of nitrogens with zero attached hydrogens (tertiary/aromatic N) is 2. The summed E-state index contributed by atoms with van der Waals surface area (Å²) in [5, 5.41) is 9.41. The molecule has 5 nitrogen and oxygen atoms in total. The summed E-state index contributed by atoms with van der Waals surface area (Å²) in [7, 11) is 1.88. The Labute approximate surface area is 144 Å². The van der Waals surface area contributed by atoms with Gasteiger partial charge in [-0.2, -0.15) is 5.10 Å². The molecule has 0 saturated heterocycles. The quantitative estimate of drug-likeness (QED) is 0.749. The number of carbonyl (C=O) groups is 1. The molecule has 0 bridgehead atoms. The maximum absolute atomic E-state index is 12.2. The van der Waals surface area contributed by atoms with Crippen LogP contribution in [0.1, 0.15) is 12.6 Å². The minimum absolute atomic E-state index is 0.155. The molecule has 0 saturated carbocycles. The number of amides is 1. The predicted octanol–water partition coefficient (Wildman–Crippen LogP) is 3.23. The summed E-state index contributed by atoms with van der Waals surface area (Å²) < 4.78 is 7.42. The Morgan fingerprint density at radius 3 is 2.79 bits per heavy atom. The first-order valence-corrected chi connectivity index (χ1v) is 8.57. The van der Waals surface area contributed by atoms with E-state index in [2.05, 4.69) is 10.4 Å². The van der Waals surface area contributed by atoms with Crippen molar-refractivity contribution in [3.63, 3.8) is 0 Å². The number of rotatable bonds is 6. The van der Waals surface area contributed by atoms with Crippen LogP contribution in [0.15, 0.2) is 53.9 Å². The summed E-state index contributed by atoms with van der Waals surface area (Å²) in [6.45, 7) is 2.15. The Bertz CT molecular complexity index is 797. The van der Waals surface area contributed by atoms with Crippen molar-refractivity contribution >= 4 is 17.2 Å². The zero-order chi connectivity index (χ0) is 16.9. The van der Waals surface area contributed by atoms with Crippen LogP contribution in [0.2, 0.25) is 0 Å². The second-order valence-electron chi connectivity index (χ2n) is 5.41. The van der Waals surface area contributed by atoms with E-state index >= 15 is 0 Å². The minimum atomic E-state index is -0.558. The number of benzene rings is 1. The van der Waals surface area contributed by atoms with Gasteiger partial charge in [-0.3, -0.25) is 9.48 Å². The normalized spacial score (nSPS) is 11.9. The fourth-order valence-electron chi connectivity index (χ4n) is 2.29. The average Bonchev–Trinajstić information content (AvgIpc) is 3.23. The molecule has 1 amide bonds. The highest BCUT2D eigenvalue weighted by molar-refractivity contribution is 7.13. The number of aryl methyl sites for hydroxylation is 1. The van der Waals surface area contributed by atoms with Crippen LogP contribution in [0, 0.1) is 0 Å². The number of nitrogens with one attached hydrogen (secondary N) is 1. The lowest BCUT2D eigenvalue weighted by molar-refractivity contribution is -0.127. The molecular weight excluding hydrogens is 322 g/mol. The predicted molar refractivity (Wildman–Crippen MR) is 94.9 cm³/mol. The number of carbonyl (C=O) groups excluding carboxylic acids is 1. The summed E-state index contributed by atoms with van der Waals surface area (Å²) in [5.74, 6) is 0.526. The molecule has 1 atom stereocenters. The topological polar surface area (TPSA) is 56.1 Å². The Hall–Kier alpha value is -2.60. The second-order valence-corrected chi connectivity index (χ2v) is 6.36. The van der Waals surface area contributed by atoms with E-state index in [0.717, 1.165) is 16.3 Å². The molecule has 0 aliphatic carbocycles. The monoisotopic (exact) mass is 341 g/mol. The van der Waals surface area contributed by atoms with Crippen LogP contribution in [-0.4, -0.2) is 21.8 Å². The highest BCUT2D eigenvalue weighted by atomic mass is 32.1. The van der Waals surface area contributed by atoms with Crippen molar-refractivity contribution < 1.29 is 9.53 Å². The van der Waals surface area contributed by atoms with Crippen LogP contribution >= 0.6 is 11.3 Å². The molecule has 0 aliphatic heterocycles. The van der Waals surface area contributed by atoms with Crippen molar-refractivity contribution in [3.8, 4) is 16.3 Å². The molecule has 1 N–H and O–H groups in total. The van der Waals surface area contributed by atoms with E-state index in [1.807, 2.05) is 61.0 Å². The van der Waals surface area contributed by atoms with Gasteiger partial charge >= 0.3 is 0 Å². The van der Waals surface area contributed by atoms with Gasteiger partial charge < -0.3 is 10.1 Å². The van der Waals surface area contributed by atoms with Crippen LogP contribution in [0.3, 0.4) is 0 Å². The number of aromatic nitrogens is 2. The highest BCUT2D eigenvalue weighted by Gasteiger charge is 2.15. The number of para-hydroxylation sites is 1. The molecule has 0 aliphatic rings. The van der Waals surface area contributed by atoms with Crippen molar-refractivity contribution in [3.05, 3.63) is 59.6 Å². The van der Waals surface area contributed by atoms with Gasteiger partial charge in [0.2, 0.25) is 0 Å². The van der Waals surface area contributed by atoms with Gasteiger partial charge in [0.25, 0.3) is 5.91 Å². The van der Waals surface area contributed by atoms with Gasteiger partial charge in [-0.25, -0.2) is 0 Å². The van der Waals surface area contributed by atoms with Gasteiger partial charge in [-0.1, -0.05) is 24.3 Å². The lowest BCUT2D eigenvalue weighted by atomic mass is 10.3. The van der Waals surface area contributed by atoms with Crippen LogP contribution in [-0.2, 0) is 18.4 Å². The molecule has 2 aromatic heterocycles. The number of hydrogen-bond acceptors (Lipinski definition) is 4. The zero-order valence-electron chi connectivity index (χ0n) is 13.6. The smallest absolute Gasteiger partial charge is 0.261 e. The first-order chi connectivity index (χ1) is 11.6. The number of thiophene rings is 1. The first-order valence-electron chi connectivity index (χ1n) is 7.69. The fourth-order valence-corrected chi connectivity index (χ4v) is 2.98. The Morgan fingerprint density at radius 2 is 2.08 bits per heavy atom. The molecule has 2 heterocycles. The van der Waals surface area contributed by atoms with Crippen molar-refractivity contribution in [2.75, 3.05) is 0 Å². The van der Waals surface area contributed by atoms with Crippen molar-refractivity contribution in [1.82, 2.24) is 15.1 Å². The third-order valence-corrected chi connectivity index (χ3v) is 4.51. The Kier molecular flexibility index (Phi) is 4.96. The lowest BCUT2D eigenvalue weighted by Crippen LogP contribution is -2.36. The molecule has 1 unspecified atom stereocenters. The van der Waals surface area contributed by atoms with Crippen LogP contribution < -0.4 is 10.1 Å². The van der Waals surface area contributed by atoms with Crippen LogP contribution in [0.4, 0.5) is 0 Å². The van der Waals surface area contributed by atoms with Crippen LogP contribution in [0.25, 0.3) is 10.6 Å². The Morgan fingerprint density at radius 1 is 1.29 bits per heavy atom. The highest BCUT2D eigenvalue weighted by Crippen LogP contribution is 2.23. The second kappa shape index (κ2) is 7.31. The molecule has 124 valence electrons. The summed E-state index contributed by atoms with van der Waals surface area (Å²) in [5.41, 5.74) is 1.86. The zero-order valence-corrected chi connectivity index (χ0v) is 14.4. The molecule has 3 aromatic rings. The standard InChI is InChI=1S/C18H19N3O2S/c1-13(23-15-7-4-3-5-8-15)18(22)19-12-14-11-16(20-21(14)2)17-9-6-10-24-17/h3-11,13H,12H2,1-2H3,(H,19,22). The summed E-state index contributed by atoms with van der Waals surface area (Å²) in [6, 6.07) is 15.4.